The van der Waals surface area contributed by atoms with Crippen LogP contribution in [0.3, 0.4) is 0 Å². The van der Waals surface area contributed by atoms with Crippen LogP contribution < -0.4 is 10.7 Å². The Bertz CT molecular complexity index is 205. The molecule has 0 aliphatic heterocycles. The first-order valence-electron chi connectivity index (χ1n) is 2.49. The van der Waals surface area contributed by atoms with Crippen molar-refractivity contribution in [1.29, 1.82) is 0 Å². The molecule has 0 atom stereocenters. The quantitative estimate of drug-likeness (QED) is 0.549. The Labute approximate surface area is 78.9 Å². The van der Waals surface area contributed by atoms with Crippen LogP contribution in [0.2, 0.25) is 0 Å². The summed E-state index contributed by atoms with van der Waals surface area (Å²) < 4.78 is 0. The second-order valence-corrected chi connectivity index (χ2v) is 1.59. The third-order valence-corrected chi connectivity index (χ3v) is 0.992. The fraction of sp³-hybridized carbons (Fsp3) is 0. The molecule has 0 aromatic heterocycles. The molecule has 1 rings (SSSR count). The van der Waals surface area contributed by atoms with E-state index in [1.165, 1.54) is 6.07 Å². The van der Waals surface area contributed by atoms with Crippen LogP contribution in [-0.4, -0.2) is 32.4 Å². The van der Waals surface area contributed by atoms with Crippen LogP contribution in [0, 0.1) is 0 Å². The number of benzene rings is 1. The molecule has 0 fully saturated rings. The summed E-state index contributed by atoms with van der Waals surface area (Å²) in [5.41, 5.74) is 0. The molecule has 1 aromatic carbocycles. The monoisotopic (exact) mass is 335 g/mol. The predicted molar refractivity (Wildman–Crippen MR) is 41.5 cm³/mol. The van der Waals surface area contributed by atoms with Gasteiger partial charge in [-0.15, -0.1) is 0 Å². The normalized spacial score (nSPS) is 8.10. The van der Waals surface area contributed by atoms with Crippen LogP contribution in [0.4, 0.5) is 0 Å². The molecule has 0 saturated carbocycles. The van der Waals surface area contributed by atoms with Crippen molar-refractivity contribution in [2.24, 2.45) is 5.90 Å². The summed E-state index contributed by atoms with van der Waals surface area (Å²) in [6.45, 7) is 0. The van der Waals surface area contributed by atoms with E-state index < -0.39 is 0 Å². The summed E-state index contributed by atoms with van der Waals surface area (Å²) >= 11 is 0. The molecule has 4 heteroatoms. The third-order valence-electron chi connectivity index (χ3n) is 0.992. The van der Waals surface area contributed by atoms with Gasteiger partial charge in [0.2, 0.25) is 0 Å². The molecule has 3 nitrogen and oxygen atoms in total. The maximum atomic E-state index is 8.91. The summed E-state index contributed by atoms with van der Waals surface area (Å²) in [5.74, 6) is 5.14. The van der Waals surface area contributed by atoms with Gasteiger partial charge < -0.3 is 9.94 Å². The average molecular weight is 334 g/mol. The zero-order valence-electron chi connectivity index (χ0n) is 5.45. The number of aromatic hydroxyl groups is 1. The summed E-state index contributed by atoms with van der Waals surface area (Å²) in [7, 11) is 0. The van der Waals surface area contributed by atoms with Gasteiger partial charge in [-0.05, 0) is 12.1 Å². The topological polar surface area (TPSA) is 55.5 Å². The molecular weight excluding hydrogens is 325 g/mol. The van der Waals surface area contributed by atoms with Crippen molar-refractivity contribution in [2.45, 2.75) is 0 Å². The van der Waals surface area contributed by atoms with Crippen LogP contribution in [0.25, 0.3) is 0 Å². The van der Waals surface area contributed by atoms with E-state index in [4.69, 9.17) is 11.0 Å². The van der Waals surface area contributed by atoms with Crippen molar-refractivity contribution in [3.8, 4) is 11.5 Å². The molecular formula is C6H9NO2Pb. The molecule has 0 bridgehead atoms. The van der Waals surface area contributed by atoms with Crippen molar-refractivity contribution in [1.82, 2.24) is 0 Å². The Kier molecular flexibility index (Phi) is 4.37. The molecule has 10 heavy (non-hydrogen) atoms. The molecule has 3 N–H and O–H groups in total. The fourth-order valence-corrected chi connectivity index (χ4v) is 0.557. The van der Waals surface area contributed by atoms with E-state index in [-0.39, 0.29) is 38.8 Å². The molecule has 54 valence electrons. The zero-order valence-corrected chi connectivity index (χ0v) is 10.9. The summed E-state index contributed by atoms with van der Waals surface area (Å²) in [5, 5.41) is 8.91. The van der Waals surface area contributed by atoms with Gasteiger partial charge in [0.25, 0.3) is 0 Å². The zero-order chi connectivity index (χ0) is 6.69. The fourth-order valence-electron chi connectivity index (χ4n) is 0.557. The molecule has 0 aliphatic rings. The number of phenolic OH excluding ortho intramolecular Hbond substituents is 1. The van der Waals surface area contributed by atoms with E-state index in [0.717, 1.165) is 0 Å². The number of para-hydroxylation sites is 2. The molecule has 2 radical (unpaired) electrons. The Morgan fingerprint density at radius 3 is 2.30 bits per heavy atom. The van der Waals surface area contributed by atoms with E-state index in [1.54, 1.807) is 18.2 Å². The van der Waals surface area contributed by atoms with E-state index in [0.29, 0.717) is 0 Å². The van der Waals surface area contributed by atoms with Crippen molar-refractivity contribution < 1.29 is 9.94 Å². The van der Waals surface area contributed by atoms with Gasteiger partial charge in [0, 0.05) is 0 Å². The molecule has 0 amide bonds. The molecule has 1 aromatic rings. The Balaban J connectivity index is 0.000000810. The van der Waals surface area contributed by atoms with Gasteiger partial charge in [-0.1, -0.05) is 12.1 Å². The number of hydrogen-bond donors (Lipinski definition) is 2. The third kappa shape index (κ3) is 2.14. The van der Waals surface area contributed by atoms with E-state index >= 15 is 0 Å². The van der Waals surface area contributed by atoms with E-state index in [1.807, 2.05) is 0 Å². The average Bonchev–Trinajstić information content (AvgIpc) is 1.89. The van der Waals surface area contributed by atoms with Gasteiger partial charge in [-0.25, -0.2) is 0 Å². The summed E-state index contributed by atoms with van der Waals surface area (Å²) in [4.78, 5) is 4.29. The van der Waals surface area contributed by atoms with Crippen LogP contribution in [-0.2, 0) is 0 Å². The predicted octanol–water partition coefficient (Wildman–Crippen LogP) is -0.271. The summed E-state index contributed by atoms with van der Waals surface area (Å²) in [6.07, 6.45) is 0. The standard InChI is InChI=1S/C6H7NO2.Pb.2H/c7-9-6-4-2-1-3-5(6)8;;;/h1-4,8H,7H2;;;. The van der Waals surface area contributed by atoms with Crippen LogP contribution in [0.5, 0.6) is 11.5 Å². The van der Waals surface area contributed by atoms with Crippen molar-refractivity contribution in [3.05, 3.63) is 24.3 Å². The first-order valence-corrected chi connectivity index (χ1v) is 2.49. The van der Waals surface area contributed by atoms with Gasteiger partial charge in [0.1, 0.15) is 0 Å². The van der Waals surface area contributed by atoms with Crippen LogP contribution in [0.15, 0.2) is 24.3 Å². The first-order chi connectivity index (χ1) is 4.34. The van der Waals surface area contributed by atoms with E-state index in [9.17, 15) is 0 Å². The minimum atomic E-state index is 0. The number of phenols is 1. The molecule has 0 spiro atoms. The summed E-state index contributed by atoms with van der Waals surface area (Å²) in [6, 6.07) is 6.50. The van der Waals surface area contributed by atoms with Gasteiger partial charge in [-0.3, -0.25) is 0 Å². The molecule has 0 heterocycles. The Morgan fingerprint density at radius 2 is 1.90 bits per heavy atom. The van der Waals surface area contributed by atoms with Crippen molar-refractivity contribution >= 4 is 27.3 Å². The van der Waals surface area contributed by atoms with Crippen molar-refractivity contribution in [2.75, 3.05) is 0 Å². The van der Waals surface area contributed by atoms with Gasteiger partial charge >= 0.3 is 27.3 Å². The van der Waals surface area contributed by atoms with Crippen molar-refractivity contribution in [3.63, 3.8) is 0 Å². The first kappa shape index (κ1) is 9.70. The van der Waals surface area contributed by atoms with Crippen LogP contribution >= 0.6 is 0 Å². The van der Waals surface area contributed by atoms with Crippen LogP contribution in [0.1, 0.15) is 0 Å². The second-order valence-electron chi connectivity index (χ2n) is 1.59. The van der Waals surface area contributed by atoms with Gasteiger partial charge in [-0.2, -0.15) is 5.90 Å². The number of nitrogens with two attached hydrogens (primary N) is 1. The minimum absolute atomic E-state index is 0. The Hall–Kier alpha value is -0.298. The second kappa shape index (κ2) is 4.51. The molecule has 0 aliphatic carbocycles. The van der Waals surface area contributed by atoms with Gasteiger partial charge in [0.15, 0.2) is 11.5 Å². The van der Waals surface area contributed by atoms with Gasteiger partial charge in [0.05, 0.1) is 0 Å². The number of hydrogen-bond acceptors (Lipinski definition) is 3. The van der Waals surface area contributed by atoms with E-state index in [2.05, 4.69) is 4.84 Å². The number of rotatable bonds is 1. The maximum absolute atomic E-state index is 8.91. The Morgan fingerprint density at radius 1 is 1.30 bits per heavy atom. The molecule has 0 saturated heterocycles. The molecule has 0 unspecified atom stereocenters. The SMILES string of the molecule is NOc1ccccc1O.[PbH2].